The fourth-order valence-electron chi connectivity index (χ4n) is 3.04. The predicted molar refractivity (Wildman–Crippen MR) is 124 cm³/mol. The molecule has 0 saturated carbocycles. The van der Waals surface area contributed by atoms with Crippen LogP contribution in [0.1, 0.15) is 17.2 Å². The first-order valence-electron chi connectivity index (χ1n) is 10.0. The second kappa shape index (κ2) is 11.9. The van der Waals surface area contributed by atoms with Crippen molar-refractivity contribution in [2.45, 2.75) is 23.9 Å². The van der Waals surface area contributed by atoms with Crippen molar-refractivity contribution in [2.75, 3.05) is 0 Å². The molecule has 0 spiro atoms. The number of esters is 1. The molecule has 0 aliphatic heterocycles. The molecule has 2 atom stereocenters. The molecule has 31 heavy (non-hydrogen) atoms. The number of ether oxygens (including phenoxy) is 1. The zero-order chi connectivity index (χ0) is 21.9. The molecule has 0 saturated heterocycles. The predicted octanol–water partition coefficient (Wildman–Crippen LogP) is 3.63. The van der Waals surface area contributed by atoms with Crippen molar-refractivity contribution in [3.8, 4) is 0 Å². The molecule has 1 N–H and O–H groups in total. The van der Waals surface area contributed by atoms with Gasteiger partial charge in [-0.2, -0.15) is 0 Å². The van der Waals surface area contributed by atoms with Gasteiger partial charge in [-0.05, 0) is 0 Å². The first-order valence-corrected chi connectivity index (χ1v) is 12.1. The van der Waals surface area contributed by atoms with Crippen LogP contribution < -0.4 is 9.78 Å². The Morgan fingerprint density at radius 3 is 2.10 bits per heavy atom. The Morgan fingerprint density at radius 1 is 0.903 bits per heavy atom. The summed E-state index contributed by atoms with van der Waals surface area (Å²) in [6.45, 7) is 3.85. The third-order valence-electron chi connectivity index (χ3n) is 4.60. The molecule has 4 nitrogen and oxygen atoms in total. The van der Waals surface area contributed by atoms with Crippen LogP contribution in [0.3, 0.4) is 0 Å². The molecule has 0 aliphatic rings. The van der Waals surface area contributed by atoms with Crippen molar-refractivity contribution in [1.82, 2.24) is 5.32 Å². The number of amides is 1. The number of carbonyl (C=O) groups is 2. The van der Waals surface area contributed by atoms with E-state index in [2.05, 4.69) is 11.9 Å². The van der Waals surface area contributed by atoms with Crippen molar-refractivity contribution in [1.29, 1.82) is 0 Å². The van der Waals surface area contributed by atoms with Crippen LogP contribution in [-0.2, 0) is 20.7 Å². The second-order valence-electron chi connectivity index (χ2n) is 6.92. The van der Waals surface area contributed by atoms with E-state index in [-0.39, 0.29) is 38.2 Å². The molecule has 3 aromatic carbocycles. The number of carbonyl (C=O) groups excluding carboxylic acids is 2. The molecule has 3 aromatic rings. The first-order chi connectivity index (χ1) is 15.2. The van der Waals surface area contributed by atoms with Gasteiger partial charge in [-0.25, -0.2) is 0 Å². The first kappa shape index (κ1) is 22.5. The van der Waals surface area contributed by atoms with Gasteiger partial charge >= 0.3 is 190 Å². The van der Waals surface area contributed by atoms with Crippen molar-refractivity contribution in [3.63, 3.8) is 0 Å². The van der Waals surface area contributed by atoms with Gasteiger partial charge in [-0.15, -0.1) is 0 Å². The van der Waals surface area contributed by atoms with Gasteiger partial charge in [0.25, 0.3) is 0 Å². The molecule has 0 unspecified atom stereocenters. The molecule has 1 amide bonds. The van der Waals surface area contributed by atoms with Crippen molar-refractivity contribution >= 4 is 31.3 Å². The summed E-state index contributed by atoms with van der Waals surface area (Å²) in [5, 5.41) is 3.23. The van der Waals surface area contributed by atoms with Crippen LogP contribution >= 0.6 is 0 Å². The maximum atomic E-state index is 13.1. The van der Waals surface area contributed by atoms with E-state index in [4.69, 9.17) is 4.74 Å². The summed E-state index contributed by atoms with van der Waals surface area (Å²) >= 11 is -0.0486. The molecule has 0 bridgehead atoms. The van der Waals surface area contributed by atoms with Gasteiger partial charge in [0, 0.05) is 0 Å². The summed E-state index contributed by atoms with van der Waals surface area (Å²) < 4.78 is 6.76. The van der Waals surface area contributed by atoms with Crippen molar-refractivity contribution in [3.05, 3.63) is 115 Å². The second-order valence-corrected chi connectivity index (χ2v) is 9.12. The minimum atomic E-state index is -1.00. The van der Waals surface area contributed by atoms with E-state index >= 15 is 0 Å². The Balaban J connectivity index is 1.67. The molecule has 0 radical (unpaired) electrons. The molecule has 0 aliphatic carbocycles. The Bertz CT molecular complexity index is 977. The average Bonchev–Trinajstić information content (AvgIpc) is 2.82. The van der Waals surface area contributed by atoms with E-state index in [0.717, 1.165) is 10.0 Å². The maximum absolute atomic E-state index is 13.1. The number of benzene rings is 3. The SMILES string of the molecule is C=C[C@@H](Cc1ccccc1)NC(=O)[C@@H](OC(=O)C[Se]c1ccccc1)c1ccccc1. The normalized spacial score (nSPS) is 12.4. The molecule has 0 aromatic heterocycles. The van der Waals surface area contributed by atoms with Crippen LogP contribution in [0.5, 0.6) is 0 Å². The van der Waals surface area contributed by atoms with Gasteiger partial charge in [0.05, 0.1) is 0 Å². The van der Waals surface area contributed by atoms with Crippen LogP contribution in [0.25, 0.3) is 0 Å². The van der Waals surface area contributed by atoms with Gasteiger partial charge in [-0.1, -0.05) is 0 Å². The van der Waals surface area contributed by atoms with E-state index in [1.165, 1.54) is 0 Å². The van der Waals surface area contributed by atoms with E-state index < -0.39 is 6.10 Å². The molecular formula is C26H25NO3Se. The van der Waals surface area contributed by atoms with Crippen LogP contribution in [0.15, 0.2) is 104 Å². The molecule has 158 valence electrons. The summed E-state index contributed by atoms with van der Waals surface area (Å²) in [6, 6.07) is 28.5. The Hall–Kier alpha value is -3.14. The topological polar surface area (TPSA) is 55.4 Å². The van der Waals surface area contributed by atoms with Crippen molar-refractivity contribution in [2.24, 2.45) is 0 Å². The number of hydrogen-bond acceptors (Lipinski definition) is 3. The molecule has 5 heteroatoms. The van der Waals surface area contributed by atoms with Crippen LogP contribution in [0.2, 0.25) is 5.32 Å². The van der Waals surface area contributed by atoms with Gasteiger partial charge in [0.15, 0.2) is 0 Å². The average molecular weight is 478 g/mol. The number of rotatable bonds is 10. The summed E-state index contributed by atoms with van der Waals surface area (Å²) in [6.07, 6.45) is 1.31. The fraction of sp³-hybridized carbons (Fsp3) is 0.154. The Morgan fingerprint density at radius 2 is 1.48 bits per heavy atom. The van der Waals surface area contributed by atoms with Gasteiger partial charge in [0.2, 0.25) is 0 Å². The quantitative estimate of drug-likeness (QED) is 0.275. The molecule has 0 heterocycles. The molecule has 3 rings (SSSR count). The van der Waals surface area contributed by atoms with Crippen molar-refractivity contribution < 1.29 is 14.3 Å². The third kappa shape index (κ3) is 7.25. The molecular weight excluding hydrogens is 453 g/mol. The van der Waals surface area contributed by atoms with E-state index in [0.29, 0.717) is 12.0 Å². The summed E-state index contributed by atoms with van der Waals surface area (Å²) in [4.78, 5) is 25.6. The number of nitrogens with one attached hydrogen (secondary N) is 1. The summed E-state index contributed by atoms with van der Waals surface area (Å²) in [5.41, 5.74) is 1.73. The minimum absolute atomic E-state index is 0.0486. The van der Waals surface area contributed by atoms with Gasteiger partial charge < -0.3 is 0 Å². The van der Waals surface area contributed by atoms with Crippen LogP contribution in [-0.4, -0.2) is 32.9 Å². The summed E-state index contributed by atoms with van der Waals surface area (Å²) in [7, 11) is 0. The Labute approximate surface area is 189 Å². The van der Waals surface area contributed by atoms with E-state index in [9.17, 15) is 9.59 Å². The monoisotopic (exact) mass is 479 g/mol. The van der Waals surface area contributed by atoms with E-state index in [1.54, 1.807) is 18.2 Å². The standard InChI is InChI=1S/C26H25NO3Se/c1-2-22(18-20-12-6-3-7-13-20)27-26(29)25(21-14-8-4-9-15-21)30-24(28)19-31-23-16-10-5-11-17-23/h2-17,22,25H,1,18-19H2,(H,27,29)/t22-,25-/m0/s1. The van der Waals surface area contributed by atoms with Gasteiger partial charge in [-0.3, -0.25) is 0 Å². The zero-order valence-corrected chi connectivity index (χ0v) is 18.9. The zero-order valence-electron chi connectivity index (χ0n) is 17.1. The summed E-state index contributed by atoms with van der Waals surface area (Å²) in [5.74, 6) is -0.737. The van der Waals surface area contributed by atoms with Crippen LogP contribution in [0, 0.1) is 0 Å². The molecule has 0 fully saturated rings. The number of hydrogen-bond donors (Lipinski definition) is 1. The van der Waals surface area contributed by atoms with Crippen LogP contribution in [0.4, 0.5) is 0 Å². The fourth-order valence-corrected chi connectivity index (χ4v) is 4.52. The van der Waals surface area contributed by atoms with Gasteiger partial charge in [0.1, 0.15) is 0 Å². The van der Waals surface area contributed by atoms with E-state index in [1.807, 2.05) is 78.9 Å². The Kier molecular flexibility index (Phi) is 8.65. The third-order valence-corrected chi connectivity index (χ3v) is 6.67.